The van der Waals surface area contributed by atoms with Crippen molar-refractivity contribution < 1.29 is 19.1 Å². The van der Waals surface area contributed by atoms with E-state index in [0.717, 1.165) is 113 Å². The number of carbonyl (C=O) groups is 2. The molecule has 6 fully saturated rings. The minimum absolute atomic E-state index is 0.0708. The molecule has 0 radical (unpaired) electrons. The maximum atomic E-state index is 14.7. The highest BCUT2D eigenvalue weighted by atomic mass is 16.6. The molecule has 272 valence electrons. The molecular weight excluding hydrogens is 638 g/mol. The Morgan fingerprint density at radius 3 is 2.29 bits per heavy atom. The van der Waals surface area contributed by atoms with Gasteiger partial charge in [0.05, 0.1) is 18.8 Å². The fourth-order valence-corrected chi connectivity index (χ4v) is 9.89. The molecule has 3 heterocycles. The number of benzene rings is 1. The summed E-state index contributed by atoms with van der Waals surface area (Å²) < 4.78 is 13.6. The van der Waals surface area contributed by atoms with E-state index in [4.69, 9.17) is 19.6 Å². The van der Waals surface area contributed by atoms with Gasteiger partial charge in [-0.05, 0) is 149 Å². The van der Waals surface area contributed by atoms with Crippen LogP contribution < -0.4 is 9.64 Å². The number of methoxy groups -OCH3 is 1. The van der Waals surface area contributed by atoms with Gasteiger partial charge < -0.3 is 14.4 Å². The molecule has 9 rings (SSSR count). The Labute approximate surface area is 303 Å². The molecule has 6 aliphatic rings. The normalized spacial score (nSPS) is 28.4. The lowest BCUT2D eigenvalue weighted by Gasteiger charge is -2.55. The highest BCUT2D eigenvalue weighted by Crippen LogP contribution is 2.58. The zero-order valence-electron chi connectivity index (χ0n) is 31.0. The lowest BCUT2D eigenvalue weighted by atomic mass is 9.51. The number of pyridine rings is 1. The van der Waals surface area contributed by atoms with Gasteiger partial charge in [-0.25, -0.2) is 9.78 Å². The van der Waals surface area contributed by atoms with Gasteiger partial charge in [0.1, 0.15) is 17.7 Å². The van der Waals surface area contributed by atoms with Gasteiger partial charge in [0, 0.05) is 43.5 Å². The number of nitrogens with zero attached hydrogens (tertiary/aromatic N) is 5. The molecular formula is C42H55N5O4. The predicted octanol–water partition coefficient (Wildman–Crippen LogP) is 8.43. The Morgan fingerprint density at radius 1 is 0.941 bits per heavy atom. The summed E-state index contributed by atoms with van der Waals surface area (Å²) in [6.07, 6.45) is 18.8. The van der Waals surface area contributed by atoms with Gasteiger partial charge in [-0.1, -0.05) is 19.1 Å². The van der Waals surface area contributed by atoms with Crippen LogP contribution in [-0.2, 0) is 20.5 Å². The number of aromatic nitrogens is 3. The molecule has 0 atom stereocenters. The molecule has 3 aromatic rings. The van der Waals surface area contributed by atoms with Crippen molar-refractivity contribution in [1.82, 2.24) is 19.7 Å². The zero-order chi connectivity index (χ0) is 35.4. The van der Waals surface area contributed by atoms with Crippen LogP contribution in [0.3, 0.4) is 0 Å². The van der Waals surface area contributed by atoms with Crippen molar-refractivity contribution in [3.05, 3.63) is 60.0 Å². The molecule has 0 spiro atoms. The summed E-state index contributed by atoms with van der Waals surface area (Å²) >= 11 is 0. The quantitative estimate of drug-likeness (QED) is 0.224. The van der Waals surface area contributed by atoms with Gasteiger partial charge in [-0.3, -0.25) is 14.4 Å². The summed E-state index contributed by atoms with van der Waals surface area (Å²) in [5.74, 6) is 2.29. The van der Waals surface area contributed by atoms with Crippen LogP contribution in [0.1, 0.15) is 108 Å². The maximum absolute atomic E-state index is 14.7. The van der Waals surface area contributed by atoms with E-state index in [1.54, 1.807) is 12.0 Å². The minimum atomic E-state index is -0.199. The largest absolute Gasteiger partial charge is 0.496 e. The third-order valence-corrected chi connectivity index (χ3v) is 13.7. The van der Waals surface area contributed by atoms with Crippen LogP contribution in [0.15, 0.2) is 48.9 Å². The summed E-state index contributed by atoms with van der Waals surface area (Å²) in [6.45, 7) is 8.82. The maximum Gasteiger partial charge on any atom is 0.410 e. The monoisotopic (exact) mass is 693 g/mol. The van der Waals surface area contributed by atoms with E-state index in [1.807, 2.05) is 18.5 Å². The number of fused-ring (bicyclic) bond motifs is 3. The van der Waals surface area contributed by atoms with Crippen molar-refractivity contribution in [3.63, 3.8) is 0 Å². The van der Waals surface area contributed by atoms with Crippen LogP contribution in [-0.4, -0.2) is 64.5 Å². The molecule has 0 N–H and O–H groups in total. The number of likely N-dealkylation sites (tertiary alicyclic amines) is 1. The Kier molecular flexibility index (Phi) is 8.90. The second-order valence-corrected chi connectivity index (χ2v) is 17.2. The first-order chi connectivity index (χ1) is 24.6. The molecule has 5 saturated carbocycles. The molecule has 51 heavy (non-hydrogen) atoms. The van der Waals surface area contributed by atoms with Crippen LogP contribution in [0.2, 0.25) is 0 Å². The second-order valence-electron chi connectivity index (χ2n) is 17.2. The summed E-state index contributed by atoms with van der Waals surface area (Å²) in [5, 5.41) is 4.76. The SMILES string of the molecule is COc1ccc(C23CCC(CN(C(=O)C4CCC(OC(=O)N5CC(C)C5)CC4)c4cc(-c5cnn(C6(C)CCC6)c5)ccn4)(CC2)CC3)cc1C. The molecule has 2 bridgehead atoms. The first-order valence-electron chi connectivity index (χ1n) is 19.5. The molecule has 0 unspecified atom stereocenters. The first-order valence-corrected chi connectivity index (χ1v) is 19.5. The molecule has 2 aromatic heterocycles. The summed E-state index contributed by atoms with van der Waals surface area (Å²) in [7, 11) is 1.74. The number of hydrogen-bond acceptors (Lipinski definition) is 6. The predicted molar refractivity (Wildman–Crippen MR) is 198 cm³/mol. The lowest BCUT2D eigenvalue weighted by Crippen LogP contribution is -2.52. The molecule has 9 nitrogen and oxygen atoms in total. The first kappa shape index (κ1) is 34.2. The standard InChI is InChI=1S/C42H55N5O4/c1-29-25-45(26-29)39(49)51-35-9-6-31(7-10-35)38(48)46(37-23-32(12-21-43-37)33-24-44-47(27-33)40(3)13-5-14-40)28-41-15-18-42(19-16-41,20-17-41)34-8-11-36(50-4)30(2)22-34/h8,11-12,21-24,27,29,31,35H,5-7,9-10,13-20,25-26,28H2,1-4H3. The second kappa shape index (κ2) is 13.3. The van der Waals surface area contributed by atoms with Gasteiger partial charge >= 0.3 is 6.09 Å². The van der Waals surface area contributed by atoms with E-state index in [1.165, 1.54) is 17.5 Å². The number of anilines is 1. The average molecular weight is 694 g/mol. The van der Waals surface area contributed by atoms with E-state index < -0.39 is 0 Å². The van der Waals surface area contributed by atoms with E-state index in [0.29, 0.717) is 12.5 Å². The van der Waals surface area contributed by atoms with Crippen molar-refractivity contribution in [2.24, 2.45) is 17.3 Å². The third-order valence-electron chi connectivity index (χ3n) is 13.7. The Morgan fingerprint density at radius 2 is 1.67 bits per heavy atom. The number of aryl methyl sites for hydroxylation is 1. The van der Waals surface area contributed by atoms with Crippen molar-refractivity contribution in [3.8, 4) is 16.9 Å². The zero-order valence-corrected chi connectivity index (χ0v) is 31.0. The van der Waals surface area contributed by atoms with Gasteiger partial charge in [0.2, 0.25) is 5.91 Å². The fraction of sp³-hybridized carbons (Fsp3) is 0.619. The van der Waals surface area contributed by atoms with Crippen LogP contribution in [0.5, 0.6) is 5.75 Å². The highest BCUT2D eigenvalue weighted by Gasteiger charge is 2.51. The van der Waals surface area contributed by atoms with Crippen LogP contribution >= 0.6 is 0 Å². The van der Waals surface area contributed by atoms with E-state index in [-0.39, 0.29) is 40.4 Å². The Hall–Kier alpha value is -3.88. The van der Waals surface area contributed by atoms with Crippen molar-refractivity contribution in [2.75, 3.05) is 31.6 Å². The lowest BCUT2D eigenvalue weighted by molar-refractivity contribution is -0.124. The van der Waals surface area contributed by atoms with E-state index >= 15 is 0 Å². The Balaban J connectivity index is 1.01. The van der Waals surface area contributed by atoms with Crippen LogP contribution in [0.25, 0.3) is 11.1 Å². The average Bonchev–Trinajstić information content (AvgIpc) is 3.63. The summed E-state index contributed by atoms with van der Waals surface area (Å²) in [5.41, 5.74) is 5.11. The highest BCUT2D eigenvalue weighted by molar-refractivity contribution is 5.95. The summed E-state index contributed by atoms with van der Waals surface area (Å²) in [4.78, 5) is 36.1. The van der Waals surface area contributed by atoms with Gasteiger partial charge in [0.25, 0.3) is 0 Å². The Bertz CT molecular complexity index is 1740. The van der Waals surface area contributed by atoms with Crippen molar-refractivity contribution in [1.29, 1.82) is 0 Å². The van der Waals surface area contributed by atoms with E-state index in [2.05, 4.69) is 60.8 Å². The molecule has 9 heteroatoms. The molecule has 1 saturated heterocycles. The minimum Gasteiger partial charge on any atom is -0.496 e. The van der Waals surface area contributed by atoms with Crippen LogP contribution in [0, 0.1) is 24.2 Å². The molecule has 1 aliphatic heterocycles. The number of ether oxygens (including phenoxy) is 2. The third kappa shape index (κ3) is 6.43. The summed E-state index contributed by atoms with van der Waals surface area (Å²) in [6, 6.07) is 10.9. The molecule has 1 aromatic carbocycles. The topological polar surface area (TPSA) is 89.8 Å². The number of carbonyl (C=O) groups excluding carboxylic acids is 2. The smallest absolute Gasteiger partial charge is 0.410 e. The number of amides is 2. The molecule has 2 amide bonds. The van der Waals surface area contributed by atoms with Gasteiger partial charge in [0.15, 0.2) is 0 Å². The van der Waals surface area contributed by atoms with E-state index in [9.17, 15) is 9.59 Å². The number of hydrogen-bond donors (Lipinski definition) is 0. The number of rotatable bonds is 9. The van der Waals surface area contributed by atoms with Gasteiger partial charge in [-0.2, -0.15) is 5.10 Å². The molecule has 5 aliphatic carbocycles. The van der Waals surface area contributed by atoms with Gasteiger partial charge in [-0.15, -0.1) is 0 Å². The van der Waals surface area contributed by atoms with Crippen molar-refractivity contribution >= 4 is 17.8 Å². The van der Waals surface area contributed by atoms with Crippen LogP contribution in [0.4, 0.5) is 10.6 Å². The fourth-order valence-electron chi connectivity index (χ4n) is 9.89. The van der Waals surface area contributed by atoms with Crippen molar-refractivity contribution in [2.45, 2.75) is 121 Å².